The zero-order valence-corrected chi connectivity index (χ0v) is 10.2. The van der Waals surface area contributed by atoms with Crippen LogP contribution in [0.3, 0.4) is 0 Å². The summed E-state index contributed by atoms with van der Waals surface area (Å²) in [5.74, 6) is 0.609. The van der Waals surface area contributed by atoms with E-state index in [1.165, 1.54) is 0 Å². The molecule has 1 aromatic heterocycles. The lowest BCUT2D eigenvalue weighted by atomic mass is 10.1. The number of hydrogen-bond donors (Lipinski definition) is 2. The van der Waals surface area contributed by atoms with Crippen molar-refractivity contribution in [2.75, 3.05) is 19.6 Å². The Hall–Kier alpha value is -1.00. The fourth-order valence-corrected chi connectivity index (χ4v) is 2.05. The van der Waals surface area contributed by atoms with Gasteiger partial charge in [-0.15, -0.1) is 12.4 Å². The smallest absolute Gasteiger partial charge is 0.255 e. The van der Waals surface area contributed by atoms with Gasteiger partial charge in [-0.1, -0.05) is 0 Å². The minimum Gasteiger partial charge on any atom is -0.367 e. The van der Waals surface area contributed by atoms with Crippen molar-refractivity contribution in [3.05, 3.63) is 23.5 Å². The van der Waals surface area contributed by atoms with Crippen LogP contribution in [0.4, 0.5) is 0 Å². The Labute approximate surface area is 102 Å². The Morgan fingerprint density at radius 3 is 2.88 bits per heavy atom. The van der Waals surface area contributed by atoms with Gasteiger partial charge in [0.05, 0.1) is 5.56 Å². The number of halogens is 1. The van der Waals surface area contributed by atoms with E-state index in [0.29, 0.717) is 12.5 Å². The van der Waals surface area contributed by atoms with Crippen LogP contribution in [0.5, 0.6) is 0 Å². The number of carbonyl (C=O) groups is 1. The summed E-state index contributed by atoms with van der Waals surface area (Å²) < 4.78 is 0. The number of aromatic amines is 1. The molecule has 0 aromatic carbocycles. The van der Waals surface area contributed by atoms with Crippen LogP contribution in [0, 0.1) is 12.8 Å². The van der Waals surface area contributed by atoms with E-state index < -0.39 is 0 Å². The molecule has 0 saturated carbocycles. The molecule has 2 rings (SSSR count). The molecule has 1 fully saturated rings. The summed E-state index contributed by atoms with van der Waals surface area (Å²) in [5.41, 5.74) is 7.40. The number of nitrogens with two attached hydrogens (primary N) is 1. The lowest BCUT2D eigenvalue weighted by molar-refractivity contribution is 0.0787. The molecular formula is C11H18ClN3O. The van der Waals surface area contributed by atoms with Crippen LogP contribution in [-0.4, -0.2) is 35.4 Å². The number of rotatable bonds is 2. The highest BCUT2D eigenvalue weighted by atomic mass is 35.5. The van der Waals surface area contributed by atoms with Gasteiger partial charge in [0.25, 0.3) is 5.91 Å². The van der Waals surface area contributed by atoms with Gasteiger partial charge in [-0.2, -0.15) is 0 Å². The van der Waals surface area contributed by atoms with Crippen molar-refractivity contribution in [2.24, 2.45) is 11.7 Å². The lowest BCUT2D eigenvalue weighted by Crippen LogP contribution is -2.29. The van der Waals surface area contributed by atoms with Gasteiger partial charge in [-0.25, -0.2) is 0 Å². The van der Waals surface area contributed by atoms with Gasteiger partial charge in [-0.3, -0.25) is 4.79 Å². The Morgan fingerprint density at radius 1 is 1.62 bits per heavy atom. The average molecular weight is 244 g/mol. The number of aryl methyl sites for hydroxylation is 1. The highest BCUT2D eigenvalue weighted by molar-refractivity contribution is 5.95. The van der Waals surface area contributed by atoms with Crippen molar-refractivity contribution >= 4 is 18.3 Å². The Balaban J connectivity index is 0.00000128. The largest absolute Gasteiger partial charge is 0.367 e. The molecule has 4 nitrogen and oxygen atoms in total. The van der Waals surface area contributed by atoms with Gasteiger partial charge in [0.15, 0.2) is 0 Å². The Kier molecular flexibility index (Phi) is 4.38. The Morgan fingerprint density at radius 2 is 2.38 bits per heavy atom. The third kappa shape index (κ3) is 2.39. The van der Waals surface area contributed by atoms with Crippen molar-refractivity contribution < 1.29 is 4.79 Å². The number of H-pyrrole nitrogens is 1. The molecule has 16 heavy (non-hydrogen) atoms. The summed E-state index contributed by atoms with van der Waals surface area (Å²) in [6.45, 7) is 4.27. The summed E-state index contributed by atoms with van der Waals surface area (Å²) in [5, 5.41) is 0. The molecule has 1 aliphatic heterocycles. The molecule has 1 atom stereocenters. The third-order valence-corrected chi connectivity index (χ3v) is 3.09. The second-order valence-corrected chi connectivity index (χ2v) is 4.19. The number of nitrogens with one attached hydrogen (secondary N) is 1. The minimum absolute atomic E-state index is 0. The molecule has 1 saturated heterocycles. The van der Waals surface area contributed by atoms with Gasteiger partial charge in [0.1, 0.15) is 0 Å². The van der Waals surface area contributed by atoms with Crippen molar-refractivity contribution in [3.8, 4) is 0 Å². The number of amides is 1. The monoisotopic (exact) mass is 243 g/mol. The van der Waals surface area contributed by atoms with E-state index in [1.54, 1.807) is 6.20 Å². The highest BCUT2D eigenvalue weighted by Crippen LogP contribution is 2.18. The van der Waals surface area contributed by atoms with Crippen molar-refractivity contribution in [3.63, 3.8) is 0 Å². The zero-order valence-electron chi connectivity index (χ0n) is 9.40. The van der Waals surface area contributed by atoms with Gasteiger partial charge in [0.2, 0.25) is 0 Å². The van der Waals surface area contributed by atoms with E-state index in [9.17, 15) is 4.79 Å². The molecule has 90 valence electrons. The fraction of sp³-hybridized carbons (Fsp3) is 0.545. The van der Waals surface area contributed by atoms with Gasteiger partial charge < -0.3 is 15.6 Å². The van der Waals surface area contributed by atoms with E-state index in [-0.39, 0.29) is 18.3 Å². The maximum absolute atomic E-state index is 12.1. The quantitative estimate of drug-likeness (QED) is 0.819. The number of hydrogen-bond acceptors (Lipinski definition) is 2. The van der Waals surface area contributed by atoms with Crippen LogP contribution in [0.15, 0.2) is 12.4 Å². The topological polar surface area (TPSA) is 62.1 Å². The number of carbonyl (C=O) groups excluding carboxylic acids is 1. The van der Waals surface area contributed by atoms with E-state index in [0.717, 1.165) is 30.6 Å². The zero-order chi connectivity index (χ0) is 10.8. The van der Waals surface area contributed by atoms with Crippen molar-refractivity contribution in [1.29, 1.82) is 0 Å². The highest BCUT2D eigenvalue weighted by Gasteiger charge is 2.26. The standard InChI is InChI=1S/C11H17N3O.ClH/c1-8-5-13-6-10(8)11(15)14-3-2-9(4-12)7-14;/h5-6,9,13H,2-4,7,12H2,1H3;1H. The number of likely N-dealkylation sites (tertiary alicyclic amines) is 1. The first kappa shape index (κ1) is 13.1. The van der Waals surface area contributed by atoms with E-state index in [1.807, 2.05) is 18.0 Å². The summed E-state index contributed by atoms with van der Waals surface area (Å²) >= 11 is 0. The average Bonchev–Trinajstić information content (AvgIpc) is 2.84. The van der Waals surface area contributed by atoms with Crippen LogP contribution < -0.4 is 5.73 Å². The molecule has 0 radical (unpaired) electrons. The predicted molar refractivity (Wildman–Crippen MR) is 65.8 cm³/mol. The van der Waals surface area contributed by atoms with E-state index >= 15 is 0 Å². The minimum atomic E-state index is 0. The first-order chi connectivity index (χ1) is 7.22. The number of nitrogens with zero attached hydrogens (tertiary/aromatic N) is 1. The van der Waals surface area contributed by atoms with Crippen LogP contribution in [0.1, 0.15) is 22.3 Å². The van der Waals surface area contributed by atoms with Crippen LogP contribution in [0.2, 0.25) is 0 Å². The van der Waals surface area contributed by atoms with Gasteiger partial charge in [-0.05, 0) is 31.4 Å². The molecule has 1 amide bonds. The molecule has 0 bridgehead atoms. The van der Waals surface area contributed by atoms with Gasteiger partial charge >= 0.3 is 0 Å². The summed E-state index contributed by atoms with van der Waals surface area (Å²) in [7, 11) is 0. The van der Waals surface area contributed by atoms with Crippen molar-refractivity contribution in [1.82, 2.24) is 9.88 Å². The molecular weight excluding hydrogens is 226 g/mol. The van der Waals surface area contributed by atoms with Crippen LogP contribution >= 0.6 is 12.4 Å². The molecule has 5 heteroatoms. The molecule has 3 N–H and O–H groups in total. The van der Waals surface area contributed by atoms with Crippen LogP contribution in [-0.2, 0) is 0 Å². The summed E-state index contributed by atoms with van der Waals surface area (Å²) in [6, 6.07) is 0. The molecule has 1 aromatic rings. The predicted octanol–water partition coefficient (Wildman–Crippen LogP) is 1.17. The lowest BCUT2D eigenvalue weighted by Gasteiger charge is -2.15. The van der Waals surface area contributed by atoms with E-state index in [4.69, 9.17) is 5.73 Å². The first-order valence-electron chi connectivity index (χ1n) is 5.35. The molecule has 0 spiro atoms. The first-order valence-corrected chi connectivity index (χ1v) is 5.35. The summed E-state index contributed by atoms with van der Waals surface area (Å²) in [4.78, 5) is 16.9. The SMILES string of the molecule is Cc1c[nH]cc1C(=O)N1CCC(CN)C1.Cl. The Bertz CT molecular complexity index is 364. The van der Waals surface area contributed by atoms with E-state index in [2.05, 4.69) is 4.98 Å². The maximum Gasteiger partial charge on any atom is 0.255 e. The van der Waals surface area contributed by atoms with Gasteiger partial charge in [0, 0.05) is 25.5 Å². The summed E-state index contributed by atoms with van der Waals surface area (Å²) in [6.07, 6.45) is 4.66. The second kappa shape index (κ2) is 5.37. The fourth-order valence-electron chi connectivity index (χ4n) is 2.05. The third-order valence-electron chi connectivity index (χ3n) is 3.09. The molecule has 2 heterocycles. The molecule has 1 aliphatic rings. The molecule has 0 aliphatic carbocycles. The second-order valence-electron chi connectivity index (χ2n) is 4.19. The molecule has 1 unspecified atom stereocenters. The van der Waals surface area contributed by atoms with Crippen LogP contribution in [0.25, 0.3) is 0 Å². The number of aromatic nitrogens is 1. The maximum atomic E-state index is 12.1. The van der Waals surface area contributed by atoms with Crippen molar-refractivity contribution in [2.45, 2.75) is 13.3 Å². The normalized spacial score (nSPS) is 19.6.